The van der Waals surface area contributed by atoms with Crippen LogP contribution in [0.2, 0.25) is 0 Å². The molecule has 3 rings (SSSR count). The van der Waals surface area contributed by atoms with Crippen molar-refractivity contribution in [2.45, 2.75) is 44.0 Å². The Balaban J connectivity index is 1.81. The van der Waals surface area contributed by atoms with Gasteiger partial charge >= 0.3 is 0 Å². The molecule has 2 heterocycles. The van der Waals surface area contributed by atoms with Gasteiger partial charge in [-0.3, -0.25) is 9.78 Å². The number of fused-ring (bicyclic) bond motifs is 1. The van der Waals surface area contributed by atoms with Crippen molar-refractivity contribution in [1.82, 2.24) is 15.0 Å². The highest BCUT2D eigenvalue weighted by atomic mass is 32.2. The lowest BCUT2D eigenvalue weighted by atomic mass is 10.2. The van der Waals surface area contributed by atoms with E-state index in [4.69, 9.17) is 4.74 Å². The van der Waals surface area contributed by atoms with Crippen LogP contribution in [0.5, 0.6) is 5.75 Å². The predicted molar refractivity (Wildman–Crippen MR) is 86.6 cm³/mol. The van der Waals surface area contributed by atoms with Gasteiger partial charge in [0.2, 0.25) is 0 Å². The first kappa shape index (κ1) is 15.1. The molecule has 0 unspecified atom stereocenters. The number of rotatable bonds is 5. The molecule has 0 fully saturated rings. The van der Waals surface area contributed by atoms with Gasteiger partial charge in [0.25, 0.3) is 5.56 Å². The third-order valence-corrected chi connectivity index (χ3v) is 4.70. The van der Waals surface area contributed by atoms with Crippen molar-refractivity contribution >= 4 is 11.8 Å². The van der Waals surface area contributed by atoms with Crippen LogP contribution in [0.1, 0.15) is 35.9 Å². The molecule has 0 spiro atoms. The van der Waals surface area contributed by atoms with Gasteiger partial charge in [-0.15, -0.1) is 0 Å². The number of nitrogens with one attached hydrogen (secondary N) is 1. The van der Waals surface area contributed by atoms with Gasteiger partial charge < -0.3 is 9.72 Å². The molecule has 1 aliphatic carbocycles. The molecule has 1 N–H and O–H groups in total. The molecular formula is C16H19N3O2S. The Labute approximate surface area is 133 Å². The van der Waals surface area contributed by atoms with E-state index in [1.807, 2.05) is 19.9 Å². The average Bonchev–Trinajstić information content (AvgIpc) is 2.96. The first-order valence-corrected chi connectivity index (χ1v) is 8.49. The number of aryl methyl sites for hydroxylation is 2. The first-order valence-electron chi connectivity index (χ1n) is 7.51. The Morgan fingerprint density at radius 3 is 3.09 bits per heavy atom. The fourth-order valence-electron chi connectivity index (χ4n) is 2.67. The molecule has 116 valence electrons. The van der Waals surface area contributed by atoms with Crippen molar-refractivity contribution in [3.63, 3.8) is 0 Å². The number of H-pyrrole nitrogens is 1. The van der Waals surface area contributed by atoms with Gasteiger partial charge in [0.15, 0.2) is 5.16 Å². The predicted octanol–water partition coefficient (Wildman–Crippen LogP) is 2.65. The van der Waals surface area contributed by atoms with Crippen molar-refractivity contribution in [3.05, 3.63) is 45.1 Å². The molecule has 0 aliphatic heterocycles. The molecule has 6 heteroatoms. The van der Waals surface area contributed by atoms with E-state index < -0.39 is 0 Å². The molecule has 2 aromatic heterocycles. The summed E-state index contributed by atoms with van der Waals surface area (Å²) < 4.78 is 5.66. The zero-order valence-electron chi connectivity index (χ0n) is 12.8. The normalized spacial score (nSPS) is 13.2. The van der Waals surface area contributed by atoms with Gasteiger partial charge in [-0.2, -0.15) is 0 Å². The van der Waals surface area contributed by atoms with Gasteiger partial charge in [-0.1, -0.05) is 11.8 Å². The van der Waals surface area contributed by atoms with E-state index >= 15 is 0 Å². The van der Waals surface area contributed by atoms with E-state index in [1.165, 1.54) is 11.8 Å². The van der Waals surface area contributed by atoms with Crippen LogP contribution in [0.3, 0.4) is 0 Å². The van der Waals surface area contributed by atoms with Crippen LogP contribution in [-0.4, -0.2) is 21.6 Å². The second kappa shape index (κ2) is 6.52. The van der Waals surface area contributed by atoms with E-state index in [-0.39, 0.29) is 5.56 Å². The number of thioether (sulfide) groups is 1. The number of hydrogen-bond donors (Lipinski definition) is 1. The highest BCUT2D eigenvalue weighted by Gasteiger charge is 2.17. The fraction of sp³-hybridized carbons (Fsp3) is 0.438. The Morgan fingerprint density at radius 2 is 2.27 bits per heavy atom. The Bertz CT molecular complexity index is 743. The van der Waals surface area contributed by atoms with Crippen molar-refractivity contribution in [2.24, 2.45) is 0 Å². The number of hydrogen-bond acceptors (Lipinski definition) is 5. The molecule has 2 aromatic rings. The molecule has 0 radical (unpaired) electrons. The summed E-state index contributed by atoms with van der Waals surface area (Å²) in [4.78, 5) is 23.8. The second-order valence-electron chi connectivity index (χ2n) is 5.24. The molecule has 0 atom stereocenters. The maximum atomic E-state index is 12.0. The van der Waals surface area contributed by atoms with Crippen LogP contribution in [-0.2, 0) is 18.6 Å². The number of aromatic amines is 1. The minimum atomic E-state index is 0.0120. The lowest BCUT2D eigenvalue weighted by molar-refractivity contribution is 0.337. The summed E-state index contributed by atoms with van der Waals surface area (Å²) in [5.74, 6) is 1.53. The quantitative estimate of drug-likeness (QED) is 0.678. The first-order chi connectivity index (χ1) is 10.7. The minimum absolute atomic E-state index is 0.0120. The minimum Gasteiger partial charge on any atom is -0.493 e. The molecule has 5 nitrogen and oxygen atoms in total. The number of aromatic nitrogens is 3. The van der Waals surface area contributed by atoms with Crippen molar-refractivity contribution in [3.8, 4) is 5.75 Å². The van der Waals surface area contributed by atoms with Crippen LogP contribution < -0.4 is 10.3 Å². The smallest absolute Gasteiger partial charge is 0.254 e. The lowest BCUT2D eigenvalue weighted by Gasteiger charge is -2.11. The largest absolute Gasteiger partial charge is 0.493 e. The van der Waals surface area contributed by atoms with Crippen LogP contribution in [0.4, 0.5) is 0 Å². The number of pyridine rings is 1. The van der Waals surface area contributed by atoms with Crippen LogP contribution in [0.15, 0.2) is 22.2 Å². The van der Waals surface area contributed by atoms with E-state index in [0.717, 1.165) is 47.5 Å². The maximum absolute atomic E-state index is 12.0. The summed E-state index contributed by atoms with van der Waals surface area (Å²) in [5.41, 5.74) is 3.83. The van der Waals surface area contributed by atoms with Crippen molar-refractivity contribution in [1.29, 1.82) is 0 Å². The topological polar surface area (TPSA) is 67.9 Å². The molecule has 0 amide bonds. The Kier molecular flexibility index (Phi) is 4.47. The van der Waals surface area contributed by atoms with Crippen molar-refractivity contribution in [2.75, 3.05) is 6.61 Å². The Hall–Kier alpha value is -1.82. The maximum Gasteiger partial charge on any atom is 0.254 e. The van der Waals surface area contributed by atoms with Gasteiger partial charge in [0.05, 0.1) is 12.3 Å². The molecule has 0 bridgehead atoms. The van der Waals surface area contributed by atoms with Crippen LogP contribution in [0.25, 0.3) is 0 Å². The zero-order valence-corrected chi connectivity index (χ0v) is 13.6. The number of nitrogens with zero attached hydrogens (tertiary/aromatic N) is 2. The SMILES string of the molecule is CCOc1ccnc(C)c1CSc1nc2c(c(=O)[nH]1)CCC2. The molecular weight excluding hydrogens is 298 g/mol. The van der Waals surface area contributed by atoms with Gasteiger partial charge in [-0.25, -0.2) is 4.98 Å². The summed E-state index contributed by atoms with van der Waals surface area (Å²) in [5, 5.41) is 0.677. The van der Waals surface area contributed by atoms with E-state index in [0.29, 0.717) is 17.5 Å². The zero-order chi connectivity index (χ0) is 15.5. The van der Waals surface area contributed by atoms with Gasteiger partial charge in [0, 0.05) is 28.8 Å². The fourth-order valence-corrected chi connectivity index (χ4v) is 3.64. The molecule has 0 saturated carbocycles. The summed E-state index contributed by atoms with van der Waals surface area (Å²) >= 11 is 1.52. The number of ether oxygens (including phenoxy) is 1. The van der Waals surface area contributed by atoms with Crippen LogP contribution >= 0.6 is 11.8 Å². The third kappa shape index (κ3) is 3.02. The summed E-state index contributed by atoms with van der Waals surface area (Å²) in [7, 11) is 0. The van der Waals surface area contributed by atoms with E-state index in [9.17, 15) is 4.79 Å². The molecule has 1 aliphatic rings. The molecule has 22 heavy (non-hydrogen) atoms. The van der Waals surface area contributed by atoms with Crippen LogP contribution in [0, 0.1) is 6.92 Å². The standard InChI is InChI=1S/C16H19N3O2S/c1-3-21-14-7-8-17-10(2)12(14)9-22-16-18-13-6-4-5-11(13)15(20)19-16/h7-8H,3-6,9H2,1-2H3,(H,18,19,20). The monoisotopic (exact) mass is 317 g/mol. The molecule has 0 aromatic carbocycles. The summed E-state index contributed by atoms with van der Waals surface area (Å²) in [6, 6.07) is 1.88. The van der Waals surface area contributed by atoms with E-state index in [1.54, 1.807) is 6.20 Å². The highest BCUT2D eigenvalue weighted by Crippen LogP contribution is 2.28. The third-order valence-electron chi connectivity index (χ3n) is 3.80. The van der Waals surface area contributed by atoms with Gasteiger partial charge in [-0.05, 0) is 39.2 Å². The van der Waals surface area contributed by atoms with Crippen molar-refractivity contribution < 1.29 is 4.74 Å². The Morgan fingerprint density at radius 1 is 1.41 bits per heavy atom. The summed E-state index contributed by atoms with van der Waals surface area (Å²) in [6.07, 6.45) is 4.53. The summed E-state index contributed by atoms with van der Waals surface area (Å²) in [6.45, 7) is 4.55. The highest BCUT2D eigenvalue weighted by molar-refractivity contribution is 7.98. The lowest BCUT2D eigenvalue weighted by Crippen LogP contribution is -2.15. The van der Waals surface area contributed by atoms with Gasteiger partial charge in [0.1, 0.15) is 5.75 Å². The second-order valence-corrected chi connectivity index (χ2v) is 6.21. The molecule has 0 saturated heterocycles. The van der Waals surface area contributed by atoms with E-state index in [2.05, 4.69) is 15.0 Å². The average molecular weight is 317 g/mol.